The Balaban J connectivity index is 2.84. The molecule has 0 fully saturated rings. The molecular weight excluding hydrogens is 210 g/mol. The standard InChI is InChI=1S/C10H11ClF2O/c1-2-3-7-4-5-8(11)9(6-7)14-10(12)13/h4-6,10H,2-3H2,1H3. The van der Waals surface area contributed by atoms with Crippen LogP contribution < -0.4 is 4.74 Å². The highest BCUT2D eigenvalue weighted by molar-refractivity contribution is 6.32. The summed E-state index contributed by atoms with van der Waals surface area (Å²) in [6.45, 7) is -0.813. The Morgan fingerprint density at radius 1 is 1.43 bits per heavy atom. The molecule has 0 aliphatic carbocycles. The van der Waals surface area contributed by atoms with Crippen LogP contribution in [0.1, 0.15) is 18.9 Å². The second-order valence-electron chi connectivity index (χ2n) is 2.89. The van der Waals surface area contributed by atoms with Gasteiger partial charge in [0.05, 0.1) is 5.02 Å². The first-order valence-corrected chi connectivity index (χ1v) is 4.74. The minimum absolute atomic E-state index is 0.0487. The van der Waals surface area contributed by atoms with Crippen molar-refractivity contribution < 1.29 is 13.5 Å². The Morgan fingerprint density at radius 3 is 2.71 bits per heavy atom. The van der Waals surface area contributed by atoms with Gasteiger partial charge in [0.1, 0.15) is 5.75 Å². The average Bonchev–Trinajstić information content (AvgIpc) is 2.10. The number of rotatable bonds is 4. The minimum Gasteiger partial charge on any atom is -0.433 e. The molecule has 0 bridgehead atoms. The lowest BCUT2D eigenvalue weighted by molar-refractivity contribution is -0.0498. The van der Waals surface area contributed by atoms with E-state index in [1.165, 1.54) is 0 Å². The molecule has 0 spiro atoms. The minimum atomic E-state index is -2.83. The highest BCUT2D eigenvalue weighted by atomic mass is 35.5. The normalized spacial score (nSPS) is 10.6. The number of halogens is 3. The van der Waals surface area contributed by atoms with Gasteiger partial charge in [-0.1, -0.05) is 31.0 Å². The number of benzene rings is 1. The van der Waals surface area contributed by atoms with Crippen molar-refractivity contribution in [2.75, 3.05) is 0 Å². The summed E-state index contributed by atoms with van der Waals surface area (Å²) in [5, 5.41) is 0.213. The van der Waals surface area contributed by atoms with Crippen LogP contribution >= 0.6 is 11.6 Å². The first-order valence-electron chi connectivity index (χ1n) is 4.36. The third-order valence-corrected chi connectivity index (χ3v) is 2.06. The van der Waals surface area contributed by atoms with Crippen molar-refractivity contribution in [2.24, 2.45) is 0 Å². The van der Waals surface area contributed by atoms with Crippen LogP contribution in [0.25, 0.3) is 0 Å². The Hall–Kier alpha value is -0.830. The molecular formula is C10H11ClF2O. The van der Waals surface area contributed by atoms with Crippen molar-refractivity contribution in [3.05, 3.63) is 28.8 Å². The van der Waals surface area contributed by atoms with Crippen LogP contribution in [-0.4, -0.2) is 6.61 Å². The SMILES string of the molecule is CCCc1ccc(Cl)c(OC(F)F)c1. The molecule has 78 valence electrons. The molecule has 14 heavy (non-hydrogen) atoms. The molecule has 0 saturated carbocycles. The number of hydrogen-bond acceptors (Lipinski definition) is 1. The zero-order chi connectivity index (χ0) is 10.6. The van der Waals surface area contributed by atoms with Crippen LogP contribution in [0.2, 0.25) is 5.02 Å². The maximum absolute atomic E-state index is 11.9. The van der Waals surface area contributed by atoms with Gasteiger partial charge in [-0.3, -0.25) is 0 Å². The smallest absolute Gasteiger partial charge is 0.387 e. The lowest BCUT2D eigenvalue weighted by Gasteiger charge is -2.08. The van der Waals surface area contributed by atoms with Gasteiger partial charge < -0.3 is 4.74 Å². The highest BCUT2D eigenvalue weighted by Crippen LogP contribution is 2.27. The summed E-state index contributed by atoms with van der Waals surface area (Å²) >= 11 is 5.68. The first-order chi connectivity index (χ1) is 6.63. The van der Waals surface area contributed by atoms with Gasteiger partial charge >= 0.3 is 6.61 Å². The molecule has 0 aromatic heterocycles. The molecule has 1 nitrogen and oxygen atoms in total. The lowest BCUT2D eigenvalue weighted by atomic mass is 10.1. The third-order valence-electron chi connectivity index (χ3n) is 1.75. The summed E-state index contributed by atoms with van der Waals surface area (Å²) in [4.78, 5) is 0. The summed E-state index contributed by atoms with van der Waals surface area (Å²) in [6, 6.07) is 4.94. The van der Waals surface area contributed by atoms with Gasteiger partial charge in [-0.15, -0.1) is 0 Å². The number of alkyl halides is 2. The second-order valence-corrected chi connectivity index (χ2v) is 3.30. The topological polar surface area (TPSA) is 9.23 Å². The first kappa shape index (κ1) is 11.2. The van der Waals surface area contributed by atoms with E-state index in [0.717, 1.165) is 18.4 Å². The summed E-state index contributed by atoms with van der Waals surface area (Å²) < 4.78 is 28.1. The number of aryl methyl sites for hydroxylation is 1. The zero-order valence-corrected chi connectivity index (χ0v) is 8.52. The number of ether oxygens (including phenoxy) is 1. The zero-order valence-electron chi connectivity index (χ0n) is 7.77. The van der Waals surface area contributed by atoms with Crippen LogP contribution in [-0.2, 0) is 6.42 Å². The largest absolute Gasteiger partial charge is 0.433 e. The molecule has 0 saturated heterocycles. The fourth-order valence-corrected chi connectivity index (χ4v) is 1.34. The van der Waals surface area contributed by atoms with Crippen molar-refractivity contribution in [3.8, 4) is 5.75 Å². The van der Waals surface area contributed by atoms with E-state index in [1.807, 2.05) is 13.0 Å². The Bertz CT molecular complexity index is 302. The van der Waals surface area contributed by atoms with Gasteiger partial charge in [-0.05, 0) is 24.1 Å². The van der Waals surface area contributed by atoms with E-state index in [-0.39, 0.29) is 10.8 Å². The fraction of sp³-hybridized carbons (Fsp3) is 0.400. The molecule has 0 atom stereocenters. The van der Waals surface area contributed by atoms with E-state index in [4.69, 9.17) is 11.6 Å². The van der Waals surface area contributed by atoms with Gasteiger partial charge in [0.25, 0.3) is 0 Å². The fourth-order valence-electron chi connectivity index (χ4n) is 1.18. The molecule has 0 aliphatic heterocycles. The van der Waals surface area contributed by atoms with E-state index in [9.17, 15) is 8.78 Å². The number of hydrogen-bond donors (Lipinski definition) is 0. The Kier molecular flexibility index (Phi) is 4.14. The maximum atomic E-state index is 11.9. The summed E-state index contributed by atoms with van der Waals surface area (Å²) in [7, 11) is 0. The maximum Gasteiger partial charge on any atom is 0.387 e. The highest BCUT2D eigenvalue weighted by Gasteiger charge is 2.08. The van der Waals surface area contributed by atoms with E-state index >= 15 is 0 Å². The van der Waals surface area contributed by atoms with Crippen molar-refractivity contribution in [3.63, 3.8) is 0 Å². The van der Waals surface area contributed by atoms with Crippen molar-refractivity contribution >= 4 is 11.6 Å². The van der Waals surface area contributed by atoms with Gasteiger partial charge in [0.2, 0.25) is 0 Å². The van der Waals surface area contributed by atoms with Crippen molar-refractivity contribution in [1.29, 1.82) is 0 Å². The van der Waals surface area contributed by atoms with Crippen LogP contribution in [0.15, 0.2) is 18.2 Å². The summed E-state index contributed by atoms with van der Waals surface area (Å²) in [6.07, 6.45) is 1.78. The summed E-state index contributed by atoms with van der Waals surface area (Å²) in [5.74, 6) is 0.0487. The van der Waals surface area contributed by atoms with Gasteiger partial charge in [-0.25, -0.2) is 0 Å². The molecule has 0 radical (unpaired) electrons. The van der Waals surface area contributed by atoms with Gasteiger partial charge in [0.15, 0.2) is 0 Å². The van der Waals surface area contributed by atoms with Crippen LogP contribution in [0, 0.1) is 0 Å². The lowest BCUT2D eigenvalue weighted by Crippen LogP contribution is -2.02. The van der Waals surface area contributed by atoms with E-state index < -0.39 is 6.61 Å². The monoisotopic (exact) mass is 220 g/mol. The predicted molar refractivity (Wildman–Crippen MR) is 52.1 cm³/mol. The predicted octanol–water partition coefficient (Wildman–Crippen LogP) is 3.89. The third kappa shape index (κ3) is 3.14. The second kappa shape index (κ2) is 5.15. The molecule has 0 N–H and O–H groups in total. The van der Waals surface area contributed by atoms with Gasteiger partial charge in [0, 0.05) is 0 Å². The van der Waals surface area contributed by atoms with E-state index in [1.54, 1.807) is 12.1 Å². The van der Waals surface area contributed by atoms with Crippen LogP contribution in [0.3, 0.4) is 0 Å². The van der Waals surface area contributed by atoms with Crippen LogP contribution in [0.5, 0.6) is 5.75 Å². The van der Waals surface area contributed by atoms with E-state index in [0.29, 0.717) is 0 Å². The Morgan fingerprint density at radius 2 is 2.14 bits per heavy atom. The van der Waals surface area contributed by atoms with Crippen molar-refractivity contribution in [2.45, 2.75) is 26.4 Å². The molecule has 0 aliphatic rings. The quantitative estimate of drug-likeness (QED) is 0.748. The molecule has 0 unspecified atom stereocenters. The molecule has 1 aromatic carbocycles. The van der Waals surface area contributed by atoms with E-state index in [2.05, 4.69) is 4.74 Å². The average molecular weight is 221 g/mol. The molecule has 0 amide bonds. The summed E-state index contributed by atoms with van der Waals surface area (Å²) in [5.41, 5.74) is 0.951. The molecule has 1 rings (SSSR count). The molecule has 1 aromatic rings. The molecule has 0 heterocycles. The Labute approximate surface area is 86.6 Å². The van der Waals surface area contributed by atoms with Crippen molar-refractivity contribution in [1.82, 2.24) is 0 Å². The van der Waals surface area contributed by atoms with Crippen LogP contribution in [0.4, 0.5) is 8.78 Å². The van der Waals surface area contributed by atoms with Gasteiger partial charge in [-0.2, -0.15) is 8.78 Å². The molecule has 4 heteroatoms.